The molecule has 0 spiro atoms. The highest BCUT2D eigenvalue weighted by atomic mass is 79.9. The summed E-state index contributed by atoms with van der Waals surface area (Å²) in [5, 5.41) is 10.9. The van der Waals surface area contributed by atoms with Crippen molar-refractivity contribution in [3.05, 3.63) is 47.0 Å². The second-order valence-electron chi connectivity index (χ2n) is 6.72. The van der Waals surface area contributed by atoms with Crippen molar-refractivity contribution in [3.63, 3.8) is 0 Å². The Bertz CT molecular complexity index is 480. The maximum Gasteiger partial charge on any atom is 0.0858 e. The summed E-state index contributed by atoms with van der Waals surface area (Å²) in [6.45, 7) is 8.45. The molecule has 1 fully saturated rings. The van der Waals surface area contributed by atoms with Gasteiger partial charge in [0.25, 0.3) is 0 Å². The number of benzene rings is 1. The van der Waals surface area contributed by atoms with E-state index in [2.05, 4.69) is 54.6 Å². The van der Waals surface area contributed by atoms with Crippen molar-refractivity contribution in [2.45, 2.75) is 51.6 Å². The van der Waals surface area contributed by atoms with Gasteiger partial charge in [-0.2, -0.15) is 0 Å². The fraction of sp³-hybridized carbons (Fsp3) is 0.556. The van der Waals surface area contributed by atoms with E-state index in [9.17, 15) is 5.11 Å². The zero-order chi connectivity index (χ0) is 14.8. The average Bonchev–Trinajstić information content (AvgIpc) is 2.39. The van der Waals surface area contributed by atoms with Crippen molar-refractivity contribution in [1.29, 1.82) is 0 Å². The van der Waals surface area contributed by atoms with Gasteiger partial charge in [0, 0.05) is 4.47 Å². The van der Waals surface area contributed by atoms with E-state index in [0.717, 1.165) is 30.2 Å². The summed E-state index contributed by atoms with van der Waals surface area (Å²) < 4.78 is 1.16. The normalized spacial score (nSPS) is 29.1. The van der Waals surface area contributed by atoms with Gasteiger partial charge >= 0.3 is 0 Å². The molecule has 0 heterocycles. The summed E-state index contributed by atoms with van der Waals surface area (Å²) in [4.78, 5) is 0. The van der Waals surface area contributed by atoms with Gasteiger partial charge in [-0.25, -0.2) is 0 Å². The molecule has 20 heavy (non-hydrogen) atoms. The van der Waals surface area contributed by atoms with Crippen LogP contribution in [-0.2, 0) is 6.42 Å². The first kappa shape index (κ1) is 15.8. The second kappa shape index (κ2) is 6.03. The van der Waals surface area contributed by atoms with Crippen molar-refractivity contribution in [1.82, 2.24) is 0 Å². The summed E-state index contributed by atoms with van der Waals surface area (Å²) in [7, 11) is 0. The molecule has 1 saturated carbocycles. The van der Waals surface area contributed by atoms with Crippen molar-refractivity contribution < 1.29 is 5.11 Å². The van der Waals surface area contributed by atoms with Crippen molar-refractivity contribution >= 4 is 15.9 Å². The molecule has 2 rings (SSSR count). The largest absolute Gasteiger partial charge is 0.385 e. The lowest BCUT2D eigenvalue weighted by molar-refractivity contribution is -0.0704. The first-order valence-electron chi connectivity index (χ1n) is 7.48. The molecule has 0 aromatic heterocycles. The van der Waals surface area contributed by atoms with Crippen LogP contribution in [0, 0.1) is 11.3 Å². The van der Waals surface area contributed by atoms with E-state index in [1.54, 1.807) is 6.08 Å². The molecule has 2 atom stereocenters. The molecule has 1 aromatic carbocycles. The minimum absolute atomic E-state index is 0.169. The minimum atomic E-state index is -0.705. The van der Waals surface area contributed by atoms with Gasteiger partial charge in [0.1, 0.15) is 0 Å². The first-order chi connectivity index (χ1) is 9.39. The van der Waals surface area contributed by atoms with Crippen LogP contribution in [0.25, 0.3) is 0 Å². The van der Waals surface area contributed by atoms with E-state index < -0.39 is 5.60 Å². The number of hydrogen-bond donors (Lipinski definition) is 1. The average molecular weight is 337 g/mol. The Morgan fingerprint density at radius 3 is 2.70 bits per heavy atom. The van der Waals surface area contributed by atoms with Gasteiger partial charge in [0.05, 0.1) is 5.60 Å². The molecular formula is C18H25BrO. The Hall–Kier alpha value is -0.600. The van der Waals surface area contributed by atoms with Gasteiger partial charge in [0.2, 0.25) is 0 Å². The van der Waals surface area contributed by atoms with Crippen LogP contribution >= 0.6 is 15.9 Å². The van der Waals surface area contributed by atoms with E-state index in [1.165, 1.54) is 12.0 Å². The fourth-order valence-corrected chi connectivity index (χ4v) is 4.22. The maximum atomic E-state index is 10.9. The van der Waals surface area contributed by atoms with Gasteiger partial charge in [-0.1, -0.05) is 54.1 Å². The molecule has 0 bridgehead atoms. The molecule has 2 heteroatoms. The smallest absolute Gasteiger partial charge is 0.0858 e. The zero-order valence-corrected chi connectivity index (χ0v) is 14.1. The second-order valence-corrected chi connectivity index (χ2v) is 7.57. The number of aliphatic hydroxyl groups is 1. The fourth-order valence-electron chi connectivity index (χ4n) is 3.74. The molecule has 110 valence electrons. The third kappa shape index (κ3) is 3.17. The molecule has 0 unspecified atom stereocenters. The van der Waals surface area contributed by atoms with Crippen LogP contribution in [0.15, 0.2) is 41.4 Å². The summed E-state index contributed by atoms with van der Waals surface area (Å²) in [5.74, 6) is 0.272. The SMILES string of the molecule is C=C[C@@]1(O)CCCC(C)(C)[C@@H]1CCc1ccccc1Br. The van der Waals surface area contributed by atoms with Crippen LogP contribution in [-0.4, -0.2) is 10.7 Å². The van der Waals surface area contributed by atoms with Gasteiger partial charge < -0.3 is 5.11 Å². The number of aryl methyl sites for hydroxylation is 1. The Morgan fingerprint density at radius 2 is 2.05 bits per heavy atom. The topological polar surface area (TPSA) is 20.2 Å². The van der Waals surface area contributed by atoms with Gasteiger partial charge in [-0.15, -0.1) is 6.58 Å². The lowest BCUT2D eigenvalue weighted by atomic mass is 9.60. The predicted octanol–water partition coefficient (Wildman–Crippen LogP) is 5.13. The molecule has 1 aromatic rings. The van der Waals surface area contributed by atoms with Crippen LogP contribution in [0.4, 0.5) is 0 Å². The third-order valence-corrected chi connectivity index (χ3v) is 5.73. The van der Waals surface area contributed by atoms with E-state index in [0.29, 0.717) is 0 Å². The number of hydrogen-bond acceptors (Lipinski definition) is 1. The first-order valence-corrected chi connectivity index (χ1v) is 8.28. The van der Waals surface area contributed by atoms with Crippen molar-refractivity contribution in [2.24, 2.45) is 11.3 Å². The van der Waals surface area contributed by atoms with Crippen LogP contribution in [0.1, 0.15) is 45.1 Å². The van der Waals surface area contributed by atoms with Crippen LogP contribution in [0.3, 0.4) is 0 Å². The van der Waals surface area contributed by atoms with Crippen molar-refractivity contribution in [3.8, 4) is 0 Å². The summed E-state index contributed by atoms with van der Waals surface area (Å²) >= 11 is 3.61. The third-order valence-electron chi connectivity index (χ3n) is 4.96. The molecule has 0 saturated heterocycles. The molecule has 1 nitrogen and oxygen atoms in total. The van der Waals surface area contributed by atoms with E-state index in [-0.39, 0.29) is 11.3 Å². The monoisotopic (exact) mass is 336 g/mol. The Kier molecular flexibility index (Phi) is 4.76. The predicted molar refractivity (Wildman–Crippen MR) is 88.7 cm³/mol. The highest BCUT2D eigenvalue weighted by molar-refractivity contribution is 9.10. The lowest BCUT2D eigenvalue weighted by Crippen LogP contribution is -2.47. The molecule has 0 aliphatic heterocycles. The zero-order valence-electron chi connectivity index (χ0n) is 12.5. The van der Waals surface area contributed by atoms with Crippen LogP contribution < -0.4 is 0 Å². The van der Waals surface area contributed by atoms with E-state index in [4.69, 9.17) is 0 Å². The van der Waals surface area contributed by atoms with E-state index in [1.807, 2.05) is 6.07 Å². The lowest BCUT2D eigenvalue weighted by Gasteiger charge is -2.48. The standard InChI is InChI=1S/C18H25BrO/c1-4-18(20)13-7-12-17(2,3)16(18)11-10-14-8-5-6-9-15(14)19/h4-6,8-9,16,20H,1,7,10-13H2,2-3H3/t16-,18+/m0/s1. The summed E-state index contributed by atoms with van der Waals surface area (Å²) in [6.07, 6.45) is 6.88. The Balaban J connectivity index is 2.16. The van der Waals surface area contributed by atoms with Gasteiger partial charge in [0.15, 0.2) is 0 Å². The minimum Gasteiger partial charge on any atom is -0.385 e. The summed E-state index contributed by atoms with van der Waals surface area (Å²) in [6, 6.07) is 8.36. The molecule has 0 amide bonds. The number of halogens is 1. The molecule has 1 aliphatic carbocycles. The molecule has 1 N–H and O–H groups in total. The quantitative estimate of drug-likeness (QED) is 0.756. The highest BCUT2D eigenvalue weighted by Crippen LogP contribution is 2.48. The van der Waals surface area contributed by atoms with Crippen molar-refractivity contribution in [2.75, 3.05) is 0 Å². The number of rotatable bonds is 4. The maximum absolute atomic E-state index is 10.9. The Morgan fingerprint density at radius 1 is 1.35 bits per heavy atom. The molecule has 1 aliphatic rings. The van der Waals surface area contributed by atoms with Gasteiger partial charge in [-0.3, -0.25) is 0 Å². The van der Waals surface area contributed by atoms with Gasteiger partial charge in [-0.05, 0) is 55.1 Å². The van der Waals surface area contributed by atoms with Crippen LogP contribution in [0.2, 0.25) is 0 Å². The highest BCUT2D eigenvalue weighted by Gasteiger charge is 2.46. The molecule has 0 radical (unpaired) electrons. The van der Waals surface area contributed by atoms with Crippen LogP contribution in [0.5, 0.6) is 0 Å². The van der Waals surface area contributed by atoms with E-state index >= 15 is 0 Å². The Labute approximate surface area is 131 Å². The molecular weight excluding hydrogens is 312 g/mol. The summed E-state index contributed by atoms with van der Waals surface area (Å²) in [5.41, 5.74) is 0.783.